The van der Waals surface area contributed by atoms with E-state index in [4.69, 9.17) is 9.47 Å². The maximum absolute atomic E-state index is 13.8. The van der Waals surface area contributed by atoms with Crippen LogP contribution in [0.25, 0.3) is 0 Å². The molecule has 1 aliphatic heterocycles. The van der Waals surface area contributed by atoms with E-state index >= 15 is 0 Å². The van der Waals surface area contributed by atoms with Gasteiger partial charge in [0.15, 0.2) is 11.2 Å². The molecule has 1 saturated carbocycles. The molecule has 0 radical (unpaired) electrons. The lowest BCUT2D eigenvalue weighted by molar-refractivity contribution is -0.156. The molecule has 0 bridgehead atoms. The van der Waals surface area contributed by atoms with E-state index in [1.807, 2.05) is 61.5 Å². The summed E-state index contributed by atoms with van der Waals surface area (Å²) in [5, 5.41) is 24.6. The number of halogens is 1. The maximum atomic E-state index is 13.8. The number of pyridine rings is 1. The van der Waals surface area contributed by atoms with E-state index in [0.717, 1.165) is 10.0 Å². The first-order valence-electron chi connectivity index (χ1n) is 11.5. The number of fused-ring (bicyclic) bond motifs is 3. The molecule has 2 heterocycles. The van der Waals surface area contributed by atoms with Gasteiger partial charge in [0, 0.05) is 24.0 Å². The molecule has 0 saturated heterocycles. The van der Waals surface area contributed by atoms with Gasteiger partial charge in [0.05, 0.1) is 31.0 Å². The van der Waals surface area contributed by atoms with Crippen molar-refractivity contribution in [2.75, 3.05) is 20.7 Å². The molecule has 1 amide bonds. The van der Waals surface area contributed by atoms with Crippen LogP contribution in [0.5, 0.6) is 11.5 Å². The third kappa shape index (κ3) is 3.16. The van der Waals surface area contributed by atoms with Gasteiger partial charge in [0.25, 0.3) is 0 Å². The van der Waals surface area contributed by atoms with E-state index in [1.165, 1.54) is 19.5 Å². The maximum Gasteiger partial charge on any atom is 0.228 e. The van der Waals surface area contributed by atoms with Crippen LogP contribution in [0.2, 0.25) is 0 Å². The summed E-state index contributed by atoms with van der Waals surface area (Å²) < 4.78 is 13.1. The lowest BCUT2D eigenvalue weighted by atomic mass is 9.70. The third-order valence-electron chi connectivity index (χ3n) is 7.45. The minimum atomic E-state index is -2.00. The standard InChI is InChI=1S/C27H27BrN2O5/c1-4-30(2)25(32)21-22(16-8-6-5-7-9-16)27(17-10-12-18(28)13-11-17)26(33,24(21)31)23-19(34-3)14-29-15-20(23)35-27/h5-15,21-22,24,31,33H,4H2,1-3H3/t21-,22?,24-,26?,27?/m1/s1. The summed E-state index contributed by atoms with van der Waals surface area (Å²) in [6.07, 6.45) is 1.50. The Labute approximate surface area is 212 Å². The summed E-state index contributed by atoms with van der Waals surface area (Å²) in [6.45, 7) is 2.33. The molecule has 5 rings (SSSR count). The highest BCUT2D eigenvalue weighted by atomic mass is 79.9. The highest BCUT2D eigenvalue weighted by Crippen LogP contribution is 2.69. The Kier molecular flexibility index (Phi) is 5.86. The molecular formula is C27H27BrN2O5. The zero-order valence-electron chi connectivity index (χ0n) is 19.7. The molecule has 35 heavy (non-hydrogen) atoms. The van der Waals surface area contributed by atoms with Crippen LogP contribution < -0.4 is 9.47 Å². The highest BCUT2D eigenvalue weighted by molar-refractivity contribution is 9.10. The number of hydrogen-bond acceptors (Lipinski definition) is 6. The van der Waals surface area contributed by atoms with Crippen LogP contribution in [0.15, 0.2) is 71.5 Å². The SMILES string of the molecule is CCN(C)C(=O)[C@@H]1C(c2ccccc2)C2(c3ccc(Br)cc3)Oc3cncc(OC)c3C2(O)[C@@H]1O. The van der Waals surface area contributed by atoms with Gasteiger partial charge in [0.1, 0.15) is 17.6 Å². The second kappa shape index (κ2) is 8.62. The molecule has 1 fully saturated rings. The molecule has 2 N–H and O–H groups in total. The average Bonchev–Trinajstić information content (AvgIpc) is 3.27. The predicted octanol–water partition coefficient (Wildman–Crippen LogP) is 3.58. The van der Waals surface area contributed by atoms with Crippen molar-refractivity contribution in [2.45, 2.75) is 30.1 Å². The number of aliphatic hydroxyl groups is 2. The van der Waals surface area contributed by atoms with Crippen LogP contribution >= 0.6 is 15.9 Å². The lowest BCUT2D eigenvalue weighted by Crippen LogP contribution is -2.52. The van der Waals surface area contributed by atoms with E-state index in [-0.39, 0.29) is 11.7 Å². The first kappa shape index (κ1) is 23.8. The van der Waals surface area contributed by atoms with Crippen molar-refractivity contribution < 1.29 is 24.5 Å². The van der Waals surface area contributed by atoms with Crippen LogP contribution in [-0.2, 0) is 16.0 Å². The summed E-state index contributed by atoms with van der Waals surface area (Å²) >= 11 is 3.48. The smallest absolute Gasteiger partial charge is 0.228 e. The molecule has 3 aromatic rings. The average molecular weight is 539 g/mol. The van der Waals surface area contributed by atoms with Crippen molar-refractivity contribution in [1.29, 1.82) is 0 Å². The first-order chi connectivity index (χ1) is 16.8. The number of hydrogen-bond donors (Lipinski definition) is 2. The van der Waals surface area contributed by atoms with Gasteiger partial charge in [0.2, 0.25) is 5.91 Å². The topological polar surface area (TPSA) is 92.1 Å². The number of methoxy groups -OCH3 is 1. The fraction of sp³-hybridized carbons (Fsp3) is 0.333. The van der Waals surface area contributed by atoms with E-state index in [1.54, 1.807) is 11.9 Å². The Balaban J connectivity index is 1.87. The monoisotopic (exact) mass is 538 g/mol. The number of aromatic nitrogens is 1. The van der Waals surface area contributed by atoms with E-state index in [9.17, 15) is 15.0 Å². The number of carbonyl (C=O) groups is 1. The minimum Gasteiger partial charge on any atom is -0.495 e. The second-order valence-electron chi connectivity index (χ2n) is 9.04. The molecular weight excluding hydrogens is 512 g/mol. The summed E-state index contributed by atoms with van der Waals surface area (Å²) in [7, 11) is 3.17. The Morgan fingerprint density at radius 3 is 2.49 bits per heavy atom. The van der Waals surface area contributed by atoms with Gasteiger partial charge in [-0.05, 0) is 30.2 Å². The van der Waals surface area contributed by atoms with Crippen LogP contribution in [0, 0.1) is 5.92 Å². The van der Waals surface area contributed by atoms with Gasteiger partial charge in [-0.25, -0.2) is 0 Å². The minimum absolute atomic E-state index is 0.272. The highest BCUT2D eigenvalue weighted by Gasteiger charge is 2.78. The Morgan fingerprint density at radius 2 is 1.86 bits per heavy atom. The number of carbonyl (C=O) groups excluding carboxylic acids is 1. The van der Waals surface area contributed by atoms with Crippen LogP contribution in [0.4, 0.5) is 0 Å². The number of nitrogens with zero attached hydrogens (tertiary/aromatic N) is 2. The number of aliphatic hydroxyl groups excluding tert-OH is 1. The van der Waals surface area contributed by atoms with Gasteiger partial charge in [-0.15, -0.1) is 0 Å². The van der Waals surface area contributed by atoms with E-state index in [0.29, 0.717) is 23.4 Å². The molecule has 3 unspecified atom stereocenters. The zero-order valence-corrected chi connectivity index (χ0v) is 21.3. The van der Waals surface area contributed by atoms with E-state index in [2.05, 4.69) is 20.9 Å². The third-order valence-corrected chi connectivity index (χ3v) is 7.98. The summed E-state index contributed by atoms with van der Waals surface area (Å²) in [5.41, 5.74) is -1.83. The lowest BCUT2D eigenvalue weighted by Gasteiger charge is -2.40. The van der Waals surface area contributed by atoms with Crippen molar-refractivity contribution in [1.82, 2.24) is 9.88 Å². The summed E-state index contributed by atoms with van der Waals surface area (Å²) in [4.78, 5) is 19.6. The van der Waals surface area contributed by atoms with Gasteiger partial charge >= 0.3 is 0 Å². The molecule has 7 nitrogen and oxygen atoms in total. The molecule has 2 aromatic carbocycles. The second-order valence-corrected chi connectivity index (χ2v) is 9.95. The van der Waals surface area contributed by atoms with Gasteiger partial charge < -0.3 is 24.6 Å². The molecule has 8 heteroatoms. The summed E-state index contributed by atoms with van der Waals surface area (Å²) in [5.74, 6) is -1.38. The van der Waals surface area contributed by atoms with Crippen LogP contribution in [0.3, 0.4) is 0 Å². The Hall–Kier alpha value is -2.94. The Bertz CT molecular complexity index is 1250. The van der Waals surface area contributed by atoms with Gasteiger partial charge in [-0.2, -0.15) is 0 Å². The molecule has 0 spiro atoms. The quantitative estimate of drug-likeness (QED) is 0.515. The molecule has 182 valence electrons. The summed E-state index contributed by atoms with van der Waals surface area (Å²) in [6, 6.07) is 16.9. The van der Waals surface area contributed by atoms with Gasteiger partial charge in [-0.3, -0.25) is 9.78 Å². The zero-order chi connectivity index (χ0) is 25.0. The fourth-order valence-electron chi connectivity index (χ4n) is 5.78. The van der Waals surface area contributed by atoms with Crippen molar-refractivity contribution in [3.05, 3.63) is 88.2 Å². The Morgan fingerprint density at radius 1 is 1.17 bits per heavy atom. The molecule has 2 aliphatic rings. The van der Waals surface area contributed by atoms with Crippen LogP contribution in [-0.4, -0.2) is 52.8 Å². The normalized spacial score (nSPS) is 28.7. The van der Waals surface area contributed by atoms with Crippen LogP contribution in [0.1, 0.15) is 29.5 Å². The van der Waals surface area contributed by atoms with Crippen molar-refractivity contribution in [3.8, 4) is 11.5 Å². The fourth-order valence-corrected chi connectivity index (χ4v) is 6.04. The number of rotatable bonds is 5. The van der Waals surface area contributed by atoms with Crippen molar-refractivity contribution in [2.24, 2.45) is 5.92 Å². The van der Waals surface area contributed by atoms with E-state index < -0.39 is 29.1 Å². The predicted molar refractivity (Wildman–Crippen MR) is 133 cm³/mol. The molecule has 5 atom stereocenters. The molecule has 1 aliphatic carbocycles. The molecule has 1 aromatic heterocycles. The van der Waals surface area contributed by atoms with Crippen molar-refractivity contribution >= 4 is 21.8 Å². The number of amides is 1. The first-order valence-corrected chi connectivity index (χ1v) is 12.3. The largest absolute Gasteiger partial charge is 0.495 e. The number of benzene rings is 2. The van der Waals surface area contributed by atoms with Crippen molar-refractivity contribution in [3.63, 3.8) is 0 Å². The number of ether oxygens (including phenoxy) is 2. The van der Waals surface area contributed by atoms with Gasteiger partial charge in [-0.1, -0.05) is 58.4 Å².